The number of rotatable bonds is 2. The Labute approximate surface area is 124 Å². The van der Waals surface area contributed by atoms with Crippen LogP contribution in [-0.4, -0.2) is 16.1 Å². The van der Waals surface area contributed by atoms with Crippen molar-refractivity contribution in [3.8, 4) is 11.3 Å². The summed E-state index contributed by atoms with van der Waals surface area (Å²) in [5, 5.41) is 11.9. The summed E-state index contributed by atoms with van der Waals surface area (Å²) in [5.41, 5.74) is 1.73. The largest absolute Gasteiger partial charge is 0.477 e. The van der Waals surface area contributed by atoms with Gasteiger partial charge in [0.2, 0.25) is 0 Å². The highest BCUT2D eigenvalue weighted by molar-refractivity contribution is 6.32. The number of benzene rings is 2. The molecule has 3 nitrogen and oxygen atoms in total. The minimum Gasteiger partial charge on any atom is -0.477 e. The maximum absolute atomic E-state index is 11.3. The predicted molar refractivity (Wildman–Crippen MR) is 80.7 cm³/mol. The van der Waals surface area contributed by atoms with E-state index in [4.69, 9.17) is 23.2 Å². The summed E-state index contributed by atoms with van der Waals surface area (Å²) in [7, 11) is 0. The van der Waals surface area contributed by atoms with Gasteiger partial charge in [0.05, 0.1) is 5.69 Å². The summed E-state index contributed by atoms with van der Waals surface area (Å²) >= 11 is 11.9. The van der Waals surface area contributed by atoms with Gasteiger partial charge < -0.3 is 10.1 Å². The molecule has 0 saturated heterocycles. The zero-order chi connectivity index (χ0) is 14.3. The molecule has 0 aliphatic carbocycles. The summed E-state index contributed by atoms with van der Waals surface area (Å²) in [5.74, 6) is -1.00. The maximum atomic E-state index is 11.3. The topological polar surface area (TPSA) is 53.1 Å². The molecule has 100 valence electrons. The number of fused-ring (bicyclic) bond motifs is 1. The monoisotopic (exact) mass is 305 g/mol. The molecule has 0 spiro atoms. The number of carboxylic acid groups (broad SMARTS) is 1. The van der Waals surface area contributed by atoms with E-state index in [1.807, 2.05) is 12.1 Å². The minimum absolute atomic E-state index is 0.154. The van der Waals surface area contributed by atoms with Gasteiger partial charge in [0.15, 0.2) is 0 Å². The van der Waals surface area contributed by atoms with E-state index in [0.29, 0.717) is 15.4 Å². The van der Waals surface area contributed by atoms with Crippen molar-refractivity contribution in [2.75, 3.05) is 0 Å². The Morgan fingerprint density at radius 2 is 1.60 bits per heavy atom. The van der Waals surface area contributed by atoms with Crippen molar-refractivity contribution < 1.29 is 9.90 Å². The lowest BCUT2D eigenvalue weighted by molar-refractivity contribution is 0.0693. The summed E-state index contributed by atoms with van der Waals surface area (Å²) < 4.78 is 0. The normalized spacial score (nSPS) is 10.9. The van der Waals surface area contributed by atoms with Crippen LogP contribution >= 0.6 is 23.2 Å². The second-order valence-electron chi connectivity index (χ2n) is 4.38. The summed E-state index contributed by atoms with van der Waals surface area (Å²) in [6, 6.07) is 12.3. The molecule has 3 rings (SSSR count). The number of hydrogen-bond donors (Lipinski definition) is 2. The van der Waals surface area contributed by atoms with Gasteiger partial charge in [0.1, 0.15) is 5.69 Å². The first-order chi connectivity index (χ1) is 9.56. The summed E-state index contributed by atoms with van der Waals surface area (Å²) in [6.07, 6.45) is 0. The highest BCUT2D eigenvalue weighted by atomic mass is 35.5. The number of carboxylic acids is 1. The lowest BCUT2D eigenvalue weighted by Gasteiger charge is -2.00. The van der Waals surface area contributed by atoms with Crippen molar-refractivity contribution in [2.24, 2.45) is 0 Å². The van der Waals surface area contributed by atoms with E-state index in [-0.39, 0.29) is 5.69 Å². The van der Waals surface area contributed by atoms with Crippen LogP contribution in [0.4, 0.5) is 0 Å². The first-order valence-electron chi connectivity index (χ1n) is 5.87. The van der Waals surface area contributed by atoms with Crippen LogP contribution in [-0.2, 0) is 0 Å². The number of hydrogen-bond acceptors (Lipinski definition) is 1. The van der Waals surface area contributed by atoms with Crippen molar-refractivity contribution >= 4 is 39.9 Å². The fourth-order valence-electron chi connectivity index (χ4n) is 2.21. The summed E-state index contributed by atoms with van der Waals surface area (Å²) in [6.45, 7) is 0. The van der Waals surface area contributed by atoms with Crippen molar-refractivity contribution in [2.45, 2.75) is 0 Å². The fourth-order valence-corrected chi connectivity index (χ4v) is 2.51. The lowest BCUT2D eigenvalue weighted by atomic mass is 10.1. The van der Waals surface area contributed by atoms with E-state index in [9.17, 15) is 9.90 Å². The number of halogens is 2. The van der Waals surface area contributed by atoms with Gasteiger partial charge in [-0.05, 0) is 29.8 Å². The molecule has 3 aromatic rings. The van der Waals surface area contributed by atoms with Crippen LogP contribution in [0, 0.1) is 0 Å². The van der Waals surface area contributed by atoms with Gasteiger partial charge in [0.25, 0.3) is 0 Å². The molecule has 0 bridgehead atoms. The molecule has 2 aromatic carbocycles. The first-order valence-corrected chi connectivity index (χ1v) is 6.62. The number of H-pyrrole nitrogens is 1. The van der Waals surface area contributed by atoms with Crippen molar-refractivity contribution in [1.29, 1.82) is 0 Å². The van der Waals surface area contributed by atoms with E-state index in [1.54, 1.807) is 30.3 Å². The smallest absolute Gasteiger partial charge is 0.352 e. The fraction of sp³-hybridized carbons (Fsp3) is 0. The van der Waals surface area contributed by atoms with Crippen LogP contribution in [0.1, 0.15) is 10.5 Å². The molecule has 0 atom stereocenters. The number of nitrogens with one attached hydrogen (secondary N) is 1. The molecule has 0 amide bonds. The Morgan fingerprint density at radius 3 is 2.25 bits per heavy atom. The lowest BCUT2D eigenvalue weighted by Crippen LogP contribution is -1.96. The van der Waals surface area contributed by atoms with Crippen molar-refractivity contribution in [3.05, 3.63) is 58.2 Å². The molecular weight excluding hydrogens is 297 g/mol. The molecule has 0 aliphatic rings. The molecule has 1 heterocycles. The second kappa shape index (κ2) is 4.85. The van der Waals surface area contributed by atoms with E-state index in [0.717, 1.165) is 16.6 Å². The van der Waals surface area contributed by atoms with Gasteiger partial charge in [0, 0.05) is 20.8 Å². The Bertz CT molecular complexity index is 807. The van der Waals surface area contributed by atoms with E-state index < -0.39 is 5.97 Å². The van der Waals surface area contributed by atoms with Gasteiger partial charge in [-0.15, -0.1) is 0 Å². The Hall–Kier alpha value is -1.97. The Balaban J connectivity index is 2.32. The van der Waals surface area contributed by atoms with Crippen molar-refractivity contribution in [3.63, 3.8) is 0 Å². The summed E-state index contributed by atoms with van der Waals surface area (Å²) in [4.78, 5) is 14.3. The molecule has 0 saturated carbocycles. The van der Waals surface area contributed by atoms with Gasteiger partial charge >= 0.3 is 5.97 Å². The number of carbonyl (C=O) groups is 1. The van der Waals surface area contributed by atoms with Crippen LogP contribution in [0.3, 0.4) is 0 Å². The third-order valence-electron chi connectivity index (χ3n) is 3.12. The van der Waals surface area contributed by atoms with Crippen LogP contribution < -0.4 is 0 Å². The molecule has 20 heavy (non-hydrogen) atoms. The third-order valence-corrected chi connectivity index (χ3v) is 3.60. The van der Waals surface area contributed by atoms with Gasteiger partial charge in [-0.2, -0.15) is 0 Å². The highest BCUT2D eigenvalue weighted by Gasteiger charge is 2.16. The zero-order valence-corrected chi connectivity index (χ0v) is 11.7. The van der Waals surface area contributed by atoms with E-state index in [2.05, 4.69) is 4.98 Å². The number of aromatic amines is 1. The first kappa shape index (κ1) is 13.0. The molecule has 1 aromatic heterocycles. The quantitative estimate of drug-likeness (QED) is 0.711. The molecule has 0 unspecified atom stereocenters. The van der Waals surface area contributed by atoms with Crippen LogP contribution in [0.2, 0.25) is 10.0 Å². The second-order valence-corrected chi connectivity index (χ2v) is 5.25. The zero-order valence-electron chi connectivity index (χ0n) is 10.2. The van der Waals surface area contributed by atoms with Crippen LogP contribution in [0.15, 0.2) is 42.5 Å². The van der Waals surface area contributed by atoms with Gasteiger partial charge in [-0.25, -0.2) is 4.79 Å². The molecule has 5 heteroatoms. The highest BCUT2D eigenvalue weighted by Crippen LogP contribution is 2.33. The minimum atomic E-state index is -1.00. The van der Waals surface area contributed by atoms with Crippen molar-refractivity contribution in [1.82, 2.24) is 4.98 Å². The van der Waals surface area contributed by atoms with E-state index in [1.165, 1.54) is 0 Å². The Morgan fingerprint density at radius 1 is 0.950 bits per heavy atom. The Kier molecular flexibility index (Phi) is 3.16. The molecular formula is C15H9Cl2NO2. The van der Waals surface area contributed by atoms with Crippen LogP contribution in [0.5, 0.6) is 0 Å². The maximum Gasteiger partial charge on any atom is 0.352 e. The molecule has 0 radical (unpaired) electrons. The van der Waals surface area contributed by atoms with Gasteiger partial charge in [-0.1, -0.05) is 41.4 Å². The average molecular weight is 306 g/mol. The SMILES string of the molecule is O=C(O)c1[nH]c(-c2ccc(Cl)cc2)c2cc(Cl)ccc12. The average Bonchev–Trinajstić information content (AvgIpc) is 2.78. The molecule has 0 fully saturated rings. The predicted octanol–water partition coefficient (Wildman–Crippen LogP) is 4.84. The van der Waals surface area contributed by atoms with Gasteiger partial charge in [-0.3, -0.25) is 0 Å². The standard InChI is InChI=1S/C15H9Cl2NO2/c16-9-3-1-8(2-4-9)13-12-7-10(17)5-6-11(12)14(18-13)15(19)20/h1-7,18H,(H,19,20). The van der Waals surface area contributed by atoms with Crippen LogP contribution in [0.25, 0.3) is 22.0 Å². The third kappa shape index (κ3) is 2.15. The molecule has 2 N–H and O–H groups in total. The number of aromatic carboxylic acids is 1. The number of aromatic nitrogens is 1. The van der Waals surface area contributed by atoms with E-state index >= 15 is 0 Å². The molecule has 0 aliphatic heterocycles.